The van der Waals surface area contributed by atoms with Gasteiger partial charge in [0.2, 0.25) is 11.8 Å². The number of nitrogens with zero attached hydrogens (tertiary/aromatic N) is 2. The molecule has 33 heavy (non-hydrogen) atoms. The minimum absolute atomic E-state index is 0.00659. The van der Waals surface area contributed by atoms with Gasteiger partial charge in [0.15, 0.2) is 0 Å². The van der Waals surface area contributed by atoms with Crippen LogP contribution in [0.15, 0.2) is 48.7 Å². The van der Waals surface area contributed by atoms with Gasteiger partial charge < -0.3 is 16.0 Å². The standard InChI is InChI=1S/C24H29F3N4O2/c1-31(2)18(13-16-6-8-17(9-7-16)22(28)33)15-30-21(32)14-19(20-5-3-4-12-29-20)23(10-11-23)24(25,26)27/h3-9,12,18-19H,10-11,13-15H2,1-2H3,(H2,28,33)(H,30,32). The van der Waals surface area contributed by atoms with Crippen molar-refractivity contribution in [1.29, 1.82) is 0 Å². The molecule has 1 aromatic heterocycles. The first-order chi connectivity index (χ1) is 15.5. The van der Waals surface area contributed by atoms with Crippen LogP contribution in [0.2, 0.25) is 0 Å². The number of halogens is 3. The molecule has 1 aliphatic carbocycles. The number of carbonyl (C=O) groups excluding carboxylic acids is 2. The zero-order valence-electron chi connectivity index (χ0n) is 18.7. The molecule has 3 rings (SSSR count). The molecule has 0 saturated heterocycles. The number of aromatic nitrogens is 1. The summed E-state index contributed by atoms with van der Waals surface area (Å²) < 4.78 is 41.5. The average Bonchev–Trinajstić information content (AvgIpc) is 3.57. The van der Waals surface area contributed by atoms with Gasteiger partial charge >= 0.3 is 6.18 Å². The normalized spacial score (nSPS) is 16.8. The Morgan fingerprint density at radius 3 is 2.30 bits per heavy atom. The lowest BCUT2D eigenvalue weighted by atomic mass is 9.82. The van der Waals surface area contributed by atoms with Crippen molar-refractivity contribution in [2.75, 3.05) is 20.6 Å². The second-order valence-corrected chi connectivity index (χ2v) is 8.85. The smallest absolute Gasteiger partial charge is 0.366 e. The minimum Gasteiger partial charge on any atom is -0.366 e. The molecule has 178 valence electrons. The molecule has 2 aromatic rings. The number of alkyl halides is 3. The maximum atomic E-state index is 13.8. The highest BCUT2D eigenvalue weighted by Gasteiger charge is 2.67. The highest BCUT2D eigenvalue weighted by atomic mass is 19.4. The summed E-state index contributed by atoms with van der Waals surface area (Å²) in [5.41, 5.74) is 5.04. The second-order valence-electron chi connectivity index (χ2n) is 8.85. The van der Waals surface area contributed by atoms with Gasteiger partial charge in [-0.25, -0.2) is 0 Å². The van der Waals surface area contributed by atoms with E-state index in [2.05, 4.69) is 10.3 Å². The van der Waals surface area contributed by atoms with Gasteiger partial charge in [0.05, 0.1) is 5.41 Å². The van der Waals surface area contributed by atoms with Crippen molar-refractivity contribution < 1.29 is 22.8 Å². The molecule has 0 aliphatic heterocycles. The molecule has 0 radical (unpaired) electrons. The van der Waals surface area contributed by atoms with Crippen molar-refractivity contribution in [2.45, 2.75) is 43.8 Å². The molecule has 1 heterocycles. The fraction of sp³-hybridized carbons (Fsp3) is 0.458. The molecule has 0 bridgehead atoms. The maximum Gasteiger partial charge on any atom is 0.395 e. The van der Waals surface area contributed by atoms with Gasteiger partial charge in [0.1, 0.15) is 0 Å². The molecule has 0 spiro atoms. The molecule has 9 heteroatoms. The Kier molecular flexibility index (Phi) is 7.41. The van der Waals surface area contributed by atoms with E-state index in [1.54, 1.807) is 42.5 Å². The van der Waals surface area contributed by atoms with Crippen molar-refractivity contribution in [3.05, 3.63) is 65.5 Å². The van der Waals surface area contributed by atoms with E-state index < -0.39 is 29.3 Å². The summed E-state index contributed by atoms with van der Waals surface area (Å²) in [7, 11) is 3.74. The van der Waals surface area contributed by atoms with Gasteiger partial charge in [0.25, 0.3) is 0 Å². The van der Waals surface area contributed by atoms with E-state index in [4.69, 9.17) is 5.73 Å². The number of carbonyl (C=O) groups is 2. The van der Waals surface area contributed by atoms with Crippen molar-refractivity contribution in [3.8, 4) is 0 Å². The topological polar surface area (TPSA) is 88.3 Å². The van der Waals surface area contributed by atoms with Crippen LogP contribution in [-0.2, 0) is 11.2 Å². The van der Waals surface area contributed by atoms with Crippen LogP contribution in [0.4, 0.5) is 13.2 Å². The van der Waals surface area contributed by atoms with Crippen LogP contribution in [-0.4, -0.2) is 54.6 Å². The van der Waals surface area contributed by atoms with E-state index in [0.717, 1.165) is 5.56 Å². The first-order valence-electron chi connectivity index (χ1n) is 10.8. The lowest BCUT2D eigenvalue weighted by molar-refractivity contribution is -0.195. The molecule has 2 amide bonds. The lowest BCUT2D eigenvalue weighted by Gasteiger charge is -2.29. The molecule has 1 fully saturated rings. The van der Waals surface area contributed by atoms with E-state index in [0.29, 0.717) is 17.7 Å². The molecule has 1 aliphatic rings. The third-order valence-electron chi connectivity index (χ3n) is 6.43. The number of primary amides is 1. The Balaban J connectivity index is 1.66. The van der Waals surface area contributed by atoms with Crippen LogP contribution in [0.1, 0.15) is 46.8 Å². The molecule has 2 unspecified atom stereocenters. The molecule has 6 nitrogen and oxygen atoms in total. The summed E-state index contributed by atoms with van der Waals surface area (Å²) >= 11 is 0. The Labute approximate surface area is 191 Å². The first kappa shape index (κ1) is 24.7. The van der Waals surface area contributed by atoms with Crippen LogP contribution >= 0.6 is 0 Å². The number of rotatable bonds is 10. The van der Waals surface area contributed by atoms with Crippen LogP contribution in [0.5, 0.6) is 0 Å². The van der Waals surface area contributed by atoms with Gasteiger partial charge in [-0.3, -0.25) is 14.6 Å². The molecule has 3 N–H and O–H groups in total. The quantitative estimate of drug-likeness (QED) is 0.567. The maximum absolute atomic E-state index is 13.8. The zero-order valence-corrected chi connectivity index (χ0v) is 18.7. The lowest BCUT2D eigenvalue weighted by Crippen LogP contribution is -2.42. The predicted octanol–water partition coefficient (Wildman–Crippen LogP) is 3.29. The number of nitrogens with one attached hydrogen (secondary N) is 1. The van der Waals surface area contributed by atoms with Crippen LogP contribution in [0.25, 0.3) is 0 Å². The van der Waals surface area contributed by atoms with E-state index in [-0.39, 0.29) is 31.8 Å². The average molecular weight is 463 g/mol. The third-order valence-corrected chi connectivity index (χ3v) is 6.43. The number of likely N-dealkylation sites (N-methyl/N-ethyl adjacent to an activating group) is 1. The van der Waals surface area contributed by atoms with E-state index in [1.807, 2.05) is 19.0 Å². The van der Waals surface area contributed by atoms with Gasteiger partial charge in [-0.2, -0.15) is 13.2 Å². The zero-order chi connectivity index (χ0) is 24.2. The number of pyridine rings is 1. The molecular formula is C24H29F3N4O2. The number of hydrogen-bond donors (Lipinski definition) is 2. The molecule has 1 saturated carbocycles. The summed E-state index contributed by atoms with van der Waals surface area (Å²) in [6.07, 6.45) is -2.61. The van der Waals surface area contributed by atoms with Crippen molar-refractivity contribution in [3.63, 3.8) is 0 Å². The second kappa shape index (κ2) is 9.91. The van der Waals surface area contributed by atoms with Crippen molar-refractivity contribution in [2.24, 2.45) is 11.1 Å². The van der Waals surface area contributed by atoms with Crippen LogP contribution < -0.4 is 11.1 Å². The van der Waals surface area contributed by atoms with Crippen molar-refractivity contribution in [1.82, 2.24) is 15.2 Å². The van der Waals surface area contributed by atoms with Gasteiger partial charge in [-0.15, -0.1) is 0 Å². The summed E-state index contributed by atoms with van der Waals surface area (Å²) in [6.45, 7) is 0.275. The van der Waals surface area contributed by atoms with Crippen molar-refractivity contribution >= 4 is 11.8 Å². The molecule has 2 atom stereocenters. The SMILES string of the molecule is CN(C)C(CNC(=O)CC(c1ccccn1)C1(C(F)(F)F)CC1)Cc1ccc(C(N)=O)cc1. The van der Waals surface area contributed by atoms with Gasteiger partial charge in [-0.1, -0.05) is 18.2 Å². The number of benzene rings is 1. The summed E-state index contributed by atoms with van der Waals surface area (Å²) in [5.74, 6) is -1.96. The minimum atomic E-state index is -4.39. The monoisotopic (exact) mass is 462 g/mol. The first-order valence-corrected chi connectivity index (χ1v) is 10.8. The Morgan fingerprint density at radius 1 is 1.15 bits per heavy atom. The van der Waals surface area contributed by atoms with E-state index in [9.17, 15) is 22.8 Å². The van der Waals surface area contributed by atoms with E-state index in [1.165, 1.54) is 6.20 Å². The predicted molar refractivity (Wildman–Crippen MR) is 118 cm³/mol. The Bertz CT molecular complexity index is 958. The summed E-state index contributed by atoms with van der Waals surface area (Å²) in [6, 6.07) is 11.7. The highest BCUT2D eigenvalue weighted by molar-refractivity contribution is 5.92. The summed E-state index contributed by atoms with van der Waals surface area (Å²) in [4.78, 5) is 30.1. The highest BCUT2D eigenvalue weighted by Crippen LogP contribution is 2.65. The van der Waals surface area contributed by atoms with Crippen LogP contribution in [0, 0.1) is 5.41 Å². The van der Waals surface area contributed by atoms with E-state index >= 15 is 0 Å². The number of nitrogens with two attached hydrogens (primary N) is 1. The number of hydrogen-bond acceptors (Lipinski definition) is 4. The van der Waals surface area contributed by atoms with Crippen LogP contribution in [0.3, 0.4) is 0 Å². The fourth-order valence-electron chi connectivity index (χ4n) is 4.13. The fourth-order valence-corrected chi connectivity index (χ4v) is 4.13. The van der Waals surface area contributed by atoms with Gasteiger partial charge in [0, 0.05) is 42.4 Å². The Morgan fingerprint density at radius 2 is 1.82 bits per heavy atom. The summed E-state index contributed by atoms with van der Waals surface area (Å²) in [5, 5.41) is 2.82. The molecular weight excluding hydrogens is 433 g/mol. The largest absolute Gasteiger partial charge is 0.395 e. The van der Waals surface area contributed by atoms with Gasteiger partial charge in [-0.05, 0) is 63.2 Å². The number of amides is 2. The molecule has 1 aromatic carbocycles. The Hall–Kier alpha value is -2.94. The third kappa shape index (κ3) is 5.90.